The Morgan fingerprint density at radius 3 is 1.86 bits per heavy atom. The molecule has 0 spiro atoms. The van der Waals surface area contributed by atoms with Crippen LogP contribution in [0.5, 0.6) is 0 Å². The van der Waals surface area contributed by atoms with Crippen molar-refractivity contribution in [1.82, 2.24) is 15.5 Å². The zero-order valence-electron chi connectivity index (χ0n) is 24.7. The number of ketones is 2. The van der Waals surface area contributed by atoms with E-state index in [0.29, 0.717) is 18.8 Å². The SMILES string of the molecule is CCCC[C@@H](C)[C@@H](O)[C@H](C(=O)CCCCCCC(=O)[C@@H](NC(=O)[C@H](CC(C)C)NC)C(C)C)N(C)C. The summed E-state index contributed by atoms with van der Waals surface area (Å²) in [6.45, 7) is 12.2. The van der Waals surface area contributed by atoms with Crippen molar-refractivity contribution >= 4 is 17.5 Å². The fourth-order valence-corrected chi connectivity index (χ4v) is 4.75. The summed E-state index contributed by atoms with van der Waals surface area (Å²) in [6, 6.07) is -1.24. The summed E-state index contributed by atoms with van der Waals surface area (Å²) in [5, 5.41) is 16.8. The van der Waals surface area contributed by atoms with Gasteiger partial charge in [0.25, 0.3) is 0 Å². The van der Waals surface area contributed by atoms with Crippen molar-refractivity contribution in [2.24, 2.45) is 17.8 Å². The zero-order valence-corrected chi connectivity index (χ0v) is 24.7. The van der Waals surface area contributed by atoms with Crippen LogP contribution in [0.1, 0.15) is 106 Å². The highest BCUT2D eigenvalue weighted by Crippen LogP contribution is 2.20. The first-order valence-electron chi connectivity index (χ1n) is 14.2. The van der Waals surface area contributed by atoms with Crippen molar-refractivity contribution in [3.05, 3.63) is 0 Å². The molecule has 0 aromatic rings. The van der Waals surface area contributed by atoms with Crippen LogP contribution in [0.15, 0.2) is 0 Å². The molecule has 0 aliphatic rings. The Bertz CT molecular complexity index is 636. The number of unbranched alkanes of at least 4 members (excludes halogenated alkanes) is 4. The second kappa shape index (κ2) is 18.9. The number of likely N-dealkylation sites (N-methyl/N-ethyl adjacent to an activating group) is 2. The molecule has 0 saturated carbocycles. The molecule has 0 aliphatic carbocycles. The van der Waals surface area contributed by atoms with E-state index in [0.717, 1.165) is 51.4 Å². The molecule has 0 aromatic carbocycles. The lowest BCUT2D eigenvalue weighted by atomic mass is 9.89. The Hall–Kier alpha value is -1.31. The fourth-order valence-electron chi connectivity index (χ4n) is 4.75. The molecule has 1 amide bonds. The van der Waals surface area contributed by atoms with E-state index in [4.69, 9.17) is 0 Å². The highest BCUT2D eigenvalue weighted by Gasteiger charge is 2.31. The number of nitrogens with zero attached hydrogens (tertiary/aromatic N) is 1. The van der Waals surface area contributed by atoms with Crippen LogP contribution in [-0.4, -0.2) is 72.9 Å². The Labute approximate surface area is 221 Å². The predicted octanol–water partition coefficient (Wildman–Crippen LogP) is 4.36. The Balaban J connectivity index is 4.58. The van der Waals surface area contributed by atoms with Crippen LogP contribution in [0.2, 0.25) is 0 Å². The van der Waals surface area contributed by atoms with Gasteiger partial charge in [-0.1, -0.05) is 67.2 Å². The number of hydrogen-bond donors (Lipinski definition) is 3. The van der Waals surface area contributed by atoms with Crippen molar-refractivity contribution in [2.75, 3.05) is 21.1 Å². The molecule has 0 saturated heterocycles. The number of Topliss-reactive ketones (excluding diaryl/α,β-unsaturated/α-hetero) is 2. The van der Waals surface area contributed by atoms with Crippen LogP contribution in [0, 0.1) is 17.8 Å². The highest BCUT2D eigenvalue weighted by atomic mass is 16.3. The number of carbonyl (C=O) groups excluding carboxylic acids is 3. The molecule has 7 heteroatoms. The number of nitrogens with one attached hydrogen (secondary N) is 2. The van der Waals surface area contributed by atoms with Gasteiger partial charge < -0.3 is 15.7 Å². The van der Waals surface area contributed by atoms with E-state index in [-0.39, 0.29) is 35.4 Å². The number of aliphatic hydroxyl groups excluding tert-OH is 1. The van der Waals surface area contributed by atoms with Gasteiger partial charge in [-0.2, -0.15) is 0 Å². The van der Waals surface area contributed by atoms with Gasteiger partial charge in [-0.15, -0.1) is 0 Å². The quantitative estimate of drug-likeness (QED) is 0.198. The molecular weight excluding hydrogens is 454 g/mol. The minimum absolute atomic E-state index is 0.0322. The summed E-state index contributed by atoms with van der Waals surface area (Å²) < 4.78 is 0. The summed E-state index contributed by atoms with van der Waals surface area (Å²) >= 11 is 0. The van der Waals surface area contributed by atoms with E-state index in [9.17, 15) is 19.5 Å². The summed E-state index contributed by atoms with van der Waals surface area (Å²) in [6.07, 6.45) is 7.26. The van der Waals surface area contributed by atoms with Crippen LogP contribution in [0.25, 0.3) is 0 Å². The minimum Gasteiger partial charge on any atom is -0.391 e. The molecule has 3 N–H and O–H groups in total. The van der Waals surface area contributed by atoms with E-state index in [1.54, 1.807) is 7.05 Å². The Kier molecular flexibility index (Phi) is 18.2. The lowest BCUT2D eigenvalue weighted by Crippen LogP contribution is -2.51. The van der Waals surface area contributed by atoms with E-state index >= 15 is 0 Å². The van der Waals surface area contributed by atoms with E-state index in [1.165, 1.54) is 0 Å². The van der Waals surface area contributed by atoms with Crippen molar-refractivity contribution < 1.29 is 19.5 Å². The summed E-state index contributed by atoms with van der Waals surface area (Å²) in [5.41, 5.74) is 0. The fraction of sp³-hybridized carbons (Fsp3) is 0.897. The highest BCUT2D eigenvalue weighted by molar-refractivity contribution is 5.91. The lowest BCUT2D eigenvalue weighted by molar-refractivity contribution is -0.130. The van der Waals surface area contributed by atoms with Crippen LogP contribution in [0.3, 0.4) is 0 Å². The second-order valence-corrected chi connectivity index (χ2v) is 11.6. The largest absolute Gasteiger partial charge is 0.391 e. The zero-order chi connectivity index (χ0) is 27.8. The summed E-state index contributed by atoms with van der Waals surface area (Å²) in [5.74, 6) is 0.563. The molecule has 0 fully saturated rings. The average Bonchev–Trinajstić information content (AvgIpc) is 2.80. The van der Waals surface area contributed by atoms with Gasteiger partial charge in [0.15, 0.2) is 11.6 Å². The van der Waals surface area contributed by atoms with Gasteiger partial charge in [-0.05, 0) is 64.6 Å². The van der Waals surface area contributed by atoms with Gasteiger partial charge in [0.2, 0.25) is 5.91 Å². The van der Waals surface area contributed by atoms with Gasteiger partial charge in [0, 0.05) is 12.8 Å². The van der Waals surface area contributed by atoms with Gasteiger partial charge >= 0.3 is 0 Å². The van der Waals surface area contributed by atoms with Crippen LogP contribution >= 0.6 is 0 Å². The Morgan fingerprint density at radius 2 is 1.42 bits per heavy atom. The first kappa shape index (κ1) is 34.7. The number of rotatable bonds is 21. The van der Waals surface area contributed by atoms with Crippen LogP contribution in [-0.2, 0) is 14.4 Å². The molecule has 7 nitrogen and oxygen atoms in total. The maximum atomic E-state index is 12.9. The normalized spacial score (nSPS) is 16.1. The molecule has 0 bridgehead atoms. The number of amides is 1. The van der Waals surface area contributed by atoms with E-state index < -0.39 is 18.2 Å². The molecule has 0 aromatic heterocycles. The number of hydrogen-bond acceptors (Lipinski definition) is 6. The smallest absolute Gasteiger partial charge is 0.237 e. The molecular formula is C29H57N3O4. The van der Waals surface area contributed by atoms with Gasteiger partial charge in [-0.3, -0.25) is 19.3 Å². The third kappa shape index (κ3) is 13.3. The molecule has 36 heavy (non-hydrogen) atoms. The molecule has 0 rings (SSSR count). The van der Waals surface area contributed by atoms with E-state index in [1.807, 2.05) is 39.8 Å². The average molecular weight is 512 g/mol. The molecule has 212 valence electrons. The summed E-state index contributed by atoms with van der Waals surface area (Å²) in [4.78, 5) is 40.2. The van der Waals surface area contributed by atoms with Crippen LogP contribution < -0.4 is 10.6 Å². The third-order valence-corrected chi connectivity index (χ3v) is 7.09. The van der Waals surface area contributed by atoms with Crippen molar-refractivity contribution in [1.29, 1.82) is 0 Å². The number of carbonyl (C=O) groups is 3. The van der Waals surface area contributed by atoms with Gasteiger partial charge in [0.05, 0.1) is 24.2 Å². The van der Waals surface area contributed by atoms with Crippen molar-refractivity contribution in [3.63, 3.8) is 0 Å². The minimum atomic E-state index is -0.650. The monoisotopic (exact) mass is 511 g/mol. The second-order valence-electron chi connectivity index (χ2n) is 11.6. The number of aliphatic hydroxyl groups is 1. The maximum Gasteiger partial charge on any atom is 0.237 e. The standard InChI is InChI=1S/C29H57N3O4/c1-10-11-16-22(6)28(35)27(32(8)9)25(34)18-15-13-12-14-17-24(33)26(21(4)5)31-29(36)23(30-7)19-20(2)3/h20-23,26-28,30,35H,10-19H2,1-9H3,(H,31,36)/t22-,23+,26+,27+,28-/m1/s1. The molecule has 0 radical (unpaired) electrons. The molecule has 0 unspecified atom stereocenters. The first-order valence-corrected chi connectivity index (χ1v) is 14.2. The summed E-state index contributed by atoms with van der Waals surface area (Å²) in [7, 11) is 5.49. The molecule has 0 heterocycles. The maximum absolute atomic E-state index is 12.9. The predicted molar refractivity (Wildman–Crippen MR) is 149 cm³/mol. The molecule has 5 atom stereocenters. The van der Waals surface area contributed by atoms with Gasteiger partial charge in [0.1, 0.15) is 0 Å². The third-order valence-electron chi connectivity index (χ3n) is 7.09. The van der Waals surface area contributed by atoms with Crippen molar-refractivity contribution in [2.45, 2.75) is 130 Å². The molecule has 0 aliphatic heterocycles. The first-order chi connectivity index (χ1) is 16.9. The Morgan fingerprint density at radius 1 is 0.861 bits per heavy atom. The topological polar surface area (TPSA) is 98.7 Å². The van der Waals surface area contributed by atoms with Crippen molar-refractivity contribution in [3.8, 4) is 0 Å². The van der Waals surface area contributed by atoms with Gasteiger partial charge in [-0.25, -0.2) is 0 Å². The van der Waals surface area contributed by atoms with E-state index in [2.05, 4.69) is 31.4 Å². The van der Waals surface area contributed by atoms with Crippen LogP contribution in [0.4, 0.5) is 0 Å². The lowest BCUT2D eigenvalue weighted by Gasteiger charge is -2.31.